The SMILES string of the molecule is Cc1nc(-c2cnn(C)c2)sc1C. The van der Waals surface area contributed by atoms with Gasteiger partial charge in [-0.05, 0) is 13.8 Å². The quantitative estimate of drug-likeness (QED) is 0.695. The monoisotopic (exact) mass is 193 g/mol. The molecule has 0 saturated heterocycles. The van der Waals surface area contributed by atoms with Crippen molar-refractivity contribution < 1.29 is 0 Å². The summed E-state index contributed by atoms with van der Waals surface area (Å²) < 4.78 is 1.79. The molecule has 2 aromatic heterocycles. The fourth-order valence-corrected chi connectivity index (χ4v) is 2.02. The molecule has 0 amide bonds. The molecular weight excluding hydrogens is 182 g/mol. The first-order valence-corrected chi connectivity index (χ1v) is 4.91. The van der Waals surface area contributed by atoms with Crippen LogP contribution in [0.15, 0.2) is 12.4 Å². The molecule has 0 spiro atoms. The molecule has 2 heterocycles. The van der Waals surface area contributed by atoms with Crippen molar-refractivity contribution in [3.8, 4) is 10.6 Å². The first kappa shape index (κ1) is 8.44. The van der Waals surface area contributed by atoms with Gasteiger partial charge in [-0.3, -0.25) is 4.68 Å². The van der Waals surface area contributed by atoms with Crippen LogP contribution in [0.3, 0.4) is 0 Å². The van der Waals surface area contributed by atoms with Crippen LogP contribution in [0.5, 0.6) is 0 Å². The van der Waals surface area contributed by atoms with Crippen molar-refractivity contribution in [3.63, 3.8) is 0 Å². The molecule has 0 N–H and O–H groups in total. The minimum atomic E-state index is 1.06. The van der Waals surface area contributed by atoms with E-state index in [1.807, 2.05) is 26.4 Å². The van der Waals surface area contributed by atoms with Crippen LogP contribution in [0.2, 0.25) is 0 Å². The largest absolute Gasteiger partial charge is 0.275 e. The van der Waals surface area contributed by atoms with Gasteiger partial charge in [0.05, 0.1) is 11.9 Å². The number of thiazole rings is 1. The molecule has 0 aliphatic rings. The van der Waals surface area contributed by atoms with Crippen molar-refractivity contribution in [2.45, 2.75) is 13.8 Å². The van der Waals surface area contributed by atoms with E-state index >= 15 is 0 Å². The minimum absolute atomic E-state index is 1.06. The Morgan fingerprint density at radius 2 is 2.15 bits per heavy atom. The van der Waals surface area contributed by atoms with Crippen molar-refractivity contribution in [1.29, 1.82) is 0 Å². The van der Waals surface area contributed by atoms with Crippen LogP contribution < -0.4 is 0 Å². The van der Waals surface area contributed by atoms with Crippen LogP contribution in [0.4, 0.5) is 0 Å². The molecule has 0 saturated carbocycles. The van der Waals surface area contributed by atoms with Crippen molar-refractivity contribution >= 4 is 11.3 Å². The maximum Gasteiger partial charge on any atom is 0.127 e. The topological polar surface area (TPSA) is 30.7 Å². The summed E-state index contributed by atoms with van der Waals surface area (Å²) in [6.07, 6.45) is 3.83. The summed E-state index contributed by atoms with van der Waals surface area (Å²) in [7, 11) is 1.91. The molecule has 0 aromatic carbocycles. The predicted molar refractivity (Wildman–Crippen MR) is 53.8 cm³/mol. The van der Waals surface area contributed by atoms with E-state index < -0.39 is 0 Å². The molecule has 0 unspecified atom stereocenters. The summed E-state index contributed by atoms with van der Waals surface area (Å²) in [5.74, 6) is 0. The van der Waals surface area contributed by atoms with E-state index in [1.165, 1.54) is 4.88 Å². The number of hydrogen-bond acceptors (Lipinski definition) is 3. The second-order valence-electron chi connectivity index (χ2n) is 3.06. The highest BCUT2D eigenvalue weighted by atomic mass is 32.1. The van der Waals surface area contributed by atoms with E-state index in [9.17, 15) is 0 Å². The maximum absolute atomic E-state index is 4.46. The van der Waals surface area contributed by atoms with Gasteiger partial charge in [0.2, 0.25) is 0 Å². The number of rotatable bonds is 1. The van der Waals surface area contributed by atoms with Gasteiger partial charge in [0.1, 0.15) is 5.01 Å². The van der Waals surface area contributed by atoms with E-state index in [2.05, 4.69) is 17.0 Å². The van der Waals surface area contributed by atoms with Crippen LogP contribution in [-0.4, -0.2) is 14.8 Å². The molecule has 0 bridgehead atoms. The molecule has 2 rings (SSSR count). The Morgan fingerprint density at radius 3 is 2.62 bits per heavy atom. The van der Waals surface area contributed by atoms with Crippen LogP contribution >= 0.6 is 11.3 Å². The zero-order chi connectivity index (χ0) is 9.42. The summed E-state index contributed by atoms with van der Waals surface area (Å²) in [5, 5.41) is 5.17. The number of nitrogens with zero attached hydrogens (tertiary/aromatic N) is 3. The summed E-state index contributed by atoms with van der Waals surface area (Å²) in [5.41, 5.74) is 2.22. The summed E-state index contributed by atoms with van der Waals surface area (Å²) in [6, 6.07) is 0. The fourth-order valence-electron chi connectivity index (χ4n) is 1.13. The van der Waals surface area contributed by atoms with Gasteiger partial charge in [-0.15, -0.1) is 11.3 Å². The van der Waals surface area contributed by atoms with Crippen LogP contribution in [0.1, 0.15) is 10.6 Å². The molecule has 13 heavy (non-hydrogen) atoms. The smallest absolute Gasteiger partial charge is 0.127 e. The van der Waals surface area contributed by atoms with Gasteiger partial charge in [0.25, 0.3) is 0 Å². The Labute approximate surface area is 81.1 Å². The Morgan fingerprint density at radius 1 is 1.38 bits per heavy atom. The second kappa shape index (κ2) is 2.96. The van der Waals surface area contributed by atoms with Crippen LogP contribution in [0, 0.1) is 13.8 Å². The van der Waals surface area contributed by atoms with Gasteiger partial charge in [-0.25, -0.2) is 4.98 Å². The standard InChI is InChI=1S/C9H11N3S/c1-6-7(2)13-9(11-6)8-4-10-12(3)5-8/h4-5H,1-3H3. The lowest BCUT2D eigenvalue weighted by molar-refractivity contribution is 0.768. The Bertz CT molecular complexity index is 408. The van der Waals surface area contributed by atoms with E-state index in [4.69, 9.17) is 0 Å². The molecule has 0 atom stereocenters. The molecule has 0 fully saturated rings. The molecule has 0 aliphatic carbocycles. The number of aryl methyl sites for hydroxylation is 3. The van der Waals surface area contributed by atoms with Gasteiger partial charge in [-0.2, -0.15) is 5.10 Å². The maximum atomic E-state index is 4.46. The third kappa shape index (κ3) is 1.49. The van der Waals surface area contributed by atoms with Gasteiger partial charge >= 0.3 is 0 Å². The highest BCUT2D eigenvalue weighted by molar-refractivity contribution is 7.15. The first-order valence-electron chi connectivity index (χ1n) is 4.10. The zero-order valence-electron chi connectivity index (χ0n) is 7.90. The van der Waals surface area contributed by atoms with Gasteiger partial charge < -0.3 is 0 Å². The van der Waals surface area contributed by atoms with Crippen LogP contribution in [0.25, 0.3) is 10.6 Å². The van der Waals surface area contributed by atoms with Crippen molar-refractivity contribution in [1.82, 2.24) is 14.8 Å². The molecule has 2 aromatic rings. The molecular formula is C9H11N3S. The van der Waals surface area contributed by atoms with Crippen molar-refractivity contribution in [2.75, 3.05) is 0 Å². The van der Waals surface area contributed by atoms with E-state index in [0.29, 0.717) is 0 Å². The highest BCUT2D eigenvalue weighted by Crippen LogP contribution is 2.26. The first-order chi connectivity index (χ1) is 6.16. The Kier molecular flexibility index (Phi) is 1.92. The summed E-state index contributed by atoms with van der Waals surface area (Å²) in [6.45, 7) is 4.12. The van der Waals surface area contributed by atoms with Gasteiger partial charge in [0, 0.05) is 23.7 Å². The highest BCUT2D eigenvalue weighted by Gasteiger charge is 2.06. The number of aromatic nitrogens is 3. The van der Waals surface area contributed by atoms with Gasteiger partial charge in [0.15, 0.2) is 0 Å². The van der Waals surface area contributed by atoms with E-state index in [-0.39, 0.29) is 0 Å². The molecule has 0 radical (unpaired) electrons. The van der Waals surface area contributed by atoms with Crippen molar-refractivity contribution in [2.24, 2.45) is 7.05 Å². The van der Waals surface area contributed by atoms with Crippen LogP contribution in [-0.2, 0) is 7.05 Å². The van der Waals surface area contributed by atoms with E-state index in [1.54, 1.807) is 16.0 Å². The second-order valence-corrected chi connectivity index (χ2v) is 4.27. The normalized spacial score (nSPS) is 10.7. The Balaban J connectivity index is 2.46. The lowest BCUT2D eigenvalue weighted by atomic mass is 10.4. The third-order valence-corrected chi connectivity index (χ3v) is 3.10. The fraction of sp³-hybridized carbons (Fsp3) is 0.333. The van der Waals surface area contributed by atoms with E-state index in [0.717, 1.165) is 16.3 Å². The van der Waals surface area contributed by atoms with Gasteiger partial charge in [-0.1, -0.05) is 0 Å². The Hall–Kier alpha value is -1.16. The molecule has 4 heteroatoms. The number of hydrogen-bond donors (Lipinski definition) is 0. The molecule has 0 aliphatic heterocycles. The predicted octanol–water partition coefficient (Wildman–Crippen LogP) is 2.16. The molecule has 3 nitrogen and oxygen atoms in total. The summed E-state index contributed by atoms with van der Waals surface area (Å²) >= 11 is 1.72. The minimum Gasteiger partial charge on any atom is -0.275 e. The lowest BCUT2D eigenvalue weighted by Crippen LogP contribution is -1.84. The summed E-state index contributed by atoms with van der Waals surface area (Å²) in [4.78, 5) is 5.74. The lowest BCUT2D eigenvalue weighted by Gasteiger charge is -1.85. The zero-order valence-corrected chi connectivity index (χ0v) is 8.72. The van der Waals surface area contributed by atoms with Crippen molar-refractivity contribution in [3.05, 3.63) is 23.0 Å². The third-order valence-electron chi connectivity index (χ3n) is 1.98. The average Bonchev–Trinajstić information content (AvgIpc) is 2.61. The average molecular weight is 193 g/mol. The molecule has 68 valence electrons.